The SMILES string of the molecule is CO[NH2+]c1cc(OC)c(Cl)cc1F. The number of methoxy groups -OCH3 is 1. The van der Waals surface area contributed by atoms with Crippen molar-refractivity contribution in [3.05, 3.63) is 23.0 Å². The third-order valence-electron chi connectivity index (χ3n) is 1.52. The number of hydrogen-bond donors (Lipinski definition) is 1. The maximum atomic E-state index is 13.1. The third kappa shape index (κ3) is 2.30. The van der Waals surface area contributed by atoms with Crippen molar-refractivity contribution in [2.75, 3.05) is 14.2 Å². The summed E-state index contributed by atoms with van der Waals surface area (Å²) in [4.78, 5) is 4.68. The van der Waals surface area contributed by atoms with Crippen LogP contribution in [0.5, 0.6) is 5.75 Å². The van der Waals surface area contributed by atoms with Gasteiger partial charge in [0.2, 0.25) is 5.69 Å². The number of benzene rings is 1. The summed E-state index contributed by atoms with van der Waals surface area (Å²) in [5.41, 5.74) is 1.59. The second-order valence-electron chi connectivity index (χ2n) is 2.36. The summed E-state index contributed by atoms with van der Waals surface area (Å²) in [5, 5.41) is 0.244. The van der Waals surface area contributed by atoms with Gasteiger partial charge in [0, 0.05) is 12.1 Å². The summed E-state index contributed by atoms with van der Waals surface area (Å²) in [5.74, 6) is -0.0148. The van der Waals surface area contributed by atoms with Gasteiger partial charge in [-0.15, -0.1) is 0 Å². The van der Waals surface area contributed by atoms with Gasteiger partial charge in [0.1, 0.15) is 5.75 Å². The summed E-state index contributed by atoms with van der Waals surface area (Å²) in [6.45, 7) is 0. The highest BCUT2D eigenvalue weighted by atomic mass is 35.5. The van der Waals surface area contributed by atoms with Crippen LogP contribution in [0.2, 0.25) is 5.02 Å². The predicted molar refractivity (Wildman–Crippen MR) is 46.6 cm³/mol. The Labute approximate surface area is 80.4 Å². The number of hydrogen-bond acceptors (Lipinski definition) is 2. The van der Waals surface area contributed by atoms with Crippen LogP contribution in [0.25, 0.3) is 0 Å². The molecule has 0 aliphatic carbocycles. The third-order valence-corrected chi connectivity index (χ3v) is 1.81. The molecule has 0 heterocycles. The van der Waals surface area contributed by atoms with E-state index in [0.29, 0.717) is 11.4 Å². The zero-order valence-corrected chi connectivity index (χ0v) is 8.06. The highest BCUT2D eigenvalue weighted by molar-refractivity contribution is 6.32. The zero-order chi connectivity index (χ0) is 9.84. The summed E-state index contributed by atoms with van der Waals surface area (Å²) in [7, 11) is 2.91. The number of ether oxygens (including phenoxy) is 1. The Balaban J connectivity index is 3.06. The van der Waals surface area contributed by atoms with Crippen molar-refractivity contribution in [1.29, 1.82) is 0 Å². The van der Waals surface area contributed by atoms with E-state index >= 15 is 0 Å². The molecule has 0 radical (unpaired) electrons. The Bertz CT molecular complexity index is 306. The van der Waals surface area contributed by atoms with E-state index in [-0.39, 0.29) is 5.02 Å². The van der Waals surface area contributed by atoms with Gasteiger partial charge < -0.3 is 4.74 Å². The molecule has 1 rings (SSSR count). The molecule has 3 nitrogen and oxygen atoms in total. The molecule has 0 spiro atoms. The van der Waals surface area contributed by atoms with Gasteiger partial charge in [0.05, 0.1) is 19.2 Å². The second kappa shape index (κ2) is 4.41. The molecule has 2 N–H and O–H groups in total. The first kappa shape index (κ1) is 10.2. The van der Waals surface area contributed by atoms with Crippen molar-refractivity contribution >= 4 is 17.3 Å². The minimum atomic E-state index is -0.437. The fourth-order valence-electron chi connectivity index (χ4n) is 0.919. The van der Waals surface area contributed by atoms with Gasteiger partial charge in [-0.3, -0.25) is 0 Å². The van der Waals surface area contributed by atoms with Crippen molar-refractivity contribution < 1.29 is 19.4 Å². The lowest BCUT2D eigenvalue weighted by Gasteiger charge is -2.04. The summed E-state index contributed by atoms with van der Waals surface area (Å²) in [6.07, 6.45) is 0. The Hall–Kier alpha value is -0.840. The van der Waals surface area contributed by atoms with Crippen LogP contribution in [0.15, 0.2) is 12.1 Å². The van der Waals surface area contributed by atoms with E-state index in [2.05, 4.69) is 4.84 Å². The van der Waals surface area contributed by atoms with Crippen LogP contribution < -0.4 is 10.2 Å². The molecule has 0 saturated heterocycles. The van der Waals surface area contributed by atoms with Crippen LogP contribution in [0, 0.1) is 5.82 Å². The van der Waals surface area contributed by atoms with Crippen LogP contribution in [-0.2, 0) is 4.84 Å². The van der Waals surface area contributed by atoms with Crippen LogP contribution in [0.4, 0.5) is 10.1 Å². The molecule has 0 aliphatic rings. The number of rotatable bonds is 3. The molecule has 0 amide bonds. The summed E-state index contributed by atoms with van der Waals surface area (Å²) >= 11 is 5.68. The van der Waals surface area contributed by atoms with Crippen molar-refractivity contribution in [2.24, 2.45) is 0 Å². The van der Waals surface area contributed by atoms with E-state index in [1.54, 1.807) is 0 Å². The molecule has 0 bridgehead atoms. The van der Waals surface area contributed by atoms with Crippen LogP contribution in [-0.4, -0.2) is 14.2 Å². The van der Waals surface area contributed by atoms with E-state index in [1.165, 1.54) is 31.8 Å². The summed E-state index contributed by atoms with van der Waals surface area (Å²) < 4.78 is 18.0. The first-order chi connectivity index (χ1) is 6.19. The lowest BCUT2D eigenvalue weighted by molar-refractivity contribution is -0.831. The van der Waals surface area contributed by atoms with Crippen molar-refractivity contribution in [1.82, 2.24) is 0 Å². The van der Waals surface area contributed by atoms with E-state index < -0.39 is 5.82 Å². The smallest absolute Gasteiger partial charge is 0.201 e. The standard InChI is InChI=1S/C8H9ClFNO2/c1-12-8-4-7(11-13-2)6(10)3-5(8)9/h3-4,11H,1-2H3/p+1. The van der Waals surface area contributed by atoms with E-state index in [9.17, 15) is 4.39 Å². The average molecular weight is 207 g/mol. The largest absolute Gasteiger partial charge is 0.495 e. The Kier molecular flexibility index (Phi) is 3.48. The molecule has 72 valence electrons. The van der Waals surface area contributed by atoms with Gasteiger partial charge in [-0.25, -0.2) is 9.23 Å². The minimum Gasteiger partial charge on any atom is -0.495 e. The van der Waals surface area contributed by atoms with Gasteiger partial charge in [0.15, 0.2) is 5.82 Å². The predicted octanol–water partition coefficient (Wildman–Crippen LogP) is 1.24. The minimum absolute atomic E-state index is 0.244. The monoisotopic (exact) mass is 206 g/mol. The number of halogens is 2. The quantitative estimate of drug-likeness (QED) is 0.597. The second-order valence-corrected chi connectivity index (χ2v) is 2.77. The molecule has 13 heavy (non-hydrogen) atoms. The van der Waals surface area contributed by atoms with Crippen molar-refractivity contribution in [3.8, 4) is 5.75 Å². The lowest BCUT2D eigenvalue weighted by atomic mass is 10.3. The number of nitrogens with two attached hydrogens (primary N) is 1. The normalized spacial score (nSPS) is 10.2. The Morgan fingerprint density at radius 2 is 2.08 bits per heavy atom. The van der Waals surface area contributed by atoms with Crippen LogP contribution in [0.3, 0.4) is 0 Å². The average Bonchev–Trinajstić information content (AvgIpc) is 2.10. The van der Waals surface area contributed by atoms with Crippen molar-refractivity contribution in [2.45, 2.75) is 0 Å². The van der Waals surface area contributed by atoms with Crippen molar-refractivity contribution in [3.63, 3.8) is 0 Å². The molecule has 0 atom stereocenters. The van der Waals surface area contributed by atoms with Gasteiger partial charge in [-0.05, 0) is 0 Å². The first-order valence-electron chi connectivity index (χ1n) is 3.58. The summed E-state index contributed by atoms with van der Waals surface area (Å²) in [6, 6.07) is 2.66. The molecular weight excluding hydrogens is 197 g/mol. The highest BCUT2D eigenvalue weighted by Crippen LogP contribution is 2.27. The molecule has 0 aromatic heterocycles. The Morgan fingerprint density at radius 1 is 1.38 bits per heavy atom. The lowest BCUT2D eigenvalue weighted by Crippen LogP contribution is -2.76. The molecule has 0 fully saturated rings. The first-order valence-corrected chi connectivity index (χ1v) is 3.96. The maximum absolute atomic E-state index is 13.1. The van der Waals surface area contributed by atoms with Gasteiger partial charge in [-0.2, -0.15) is 5.48 Å². The molecule has 0 unspecified atom stereocenters. The fraction of sp³-hybridized carbons (Fsp3) is 0.250. The van der Waals surface area contributed by atoms with E-state index in [4.69, 9.17) is 16.3 Å². The van der Waals surface area contributed by atoms with Gasteiger partial charge >= 0.3 is 0 Å². The van der Waals surface area contributed by atoms with E-state index in [0.717, 1.165) is 0 Å². The highest BCUT2D eigenvalue weighted by Gasteiger charge is 2.11. The van der Waals surface area contributed by atoms with Crippen LogP contribution in [0.1, 0.15) is 0 Å². The molecule has 0 aliphatic heterocycles. The van der Waals surface area contributed by atoms with Gasteiger partial charge in [-0.1, -0.05) is 11.6 Å². The zero-order valence-electron chi connectivity index (χ0n) is 7.30. The molecular formula is C8H10ClFNO2+. The molecule has 1 aromatic rings. The molecule has 0 saturated carbocycles. The van der Waals surface area contributed by atoms with Crippen LogP contribution >= 0.6 is 11.6 Å². The van der Waals surface area contributed by atoms with Gasteiger partial charge in [0.25, 0.3) is 0 Å². The van der Waals surface area contributed by atoms with E-state index in [1.807, 2.05) is 0 Å². The Morgan fingerprint density at radius 3 is 2.62 bits per heavy atom. The topological polar surface area (TPSA) is 35.1 Å². The fourth-order valence-corrected chi connectivity index (χ4v) is 1.15. The number of quaternary nitrogens is 1. The molecule has 1 aromatic carbocycles. The maximum Gasteiger partial charge on any atom is 0.201 e. The molecule has 5 heteroatoms.